The number of nitrogens with zero attached hydrogens (tertiary/aromatic N) is 4. The number of carbonyl (C=O) groups is 4. The summed E-state index contributed by atoms with van der Waals surface area (Å²) in [5.74, 6) is 0.427. The number of nitrogens with one attached hydrogen (secondary N) is 4. The van der Waals surface area contributed by atoms with Gasteiger partial charge in [0.15, 0.2) is 0 Å². The number of H-pyrrole nitrogens is 2. The Morgan fingerprint density at radius 2 is 1.44 bits per heavy atom. The molecule has 6 atom stereocenters. The number of amides is 4. The number of hydrogen-bond donors (Lipinski definition) is 4. The Bertz CT molecular complexity index is 2620. The van der Waals surface area contributed by atoms with Crippen LogP contribution in [-0.2, 0) is 35.1 Å². The van der Waals surface area contributed by atoms with E-state index in [-0.39, 0.29) is 48.8 Å². The molecule has 5 heterocycles. The minimum Gasteiger partial charge on any atom is -0.488 e. The fourth-order valence-electron chi connectivity index (χ4n) is 9.58. The number of likely N-dealkylation sites (tertiary alicyclic amines) is 2. The molecule has 352 valence electrons. The second-order valence-electron chi connectivity index (χ2n) is 18.0. The van der Waals surface area contributed by atoms with Crippen LogP contribution in [0.5, 0.6) is 5.75 Å². The third kappa shape index (κ3) is 9.22. The van der Waals surface area contributed by atoms with Gasteiger partial charge in [0, 0.05) is 43.0 Å². The van der Waals surface area contributed by atoms with Gasteiger partial charge in [-0.1, -0.05) is 45.9 Å². The maximum absolute atomic E-state index is 14.1. The fraction of sp³-hybridized carbons (Fsp3) is 0.489. The molecule has 4 N–H and O–H groups in total. The van der Waals surface area contributed by atoms with E-state index >= 15 is 0 Å². The second kappa shape index (κ2) is 19.2. The van der Waals surface area contributed by atoms with Crippen molar-refractivity contribution in [3.63, 3.8) is 0 Å². The van der Waals surface area contributed by atoms with Crippen LogP contribution >= 0.6 is 0 Å². The highest BCUT2D eigenvalue weighted by atomic mass is 19.3. The highest BCUT2D eigenvalue weighted by Gasteiger charge is 2.43. The molecule has 2 saturated heterocycles. The normalized spacial score (nSPS) is 20.1. The van der Waals surface area contributed by atoms with Crippen LogP contribution in [0.25, 0.3) is 44.2 Å². The third-order valence-corrected chi connectivity index (χ3v) is 12.9. The summed E-state index contributed by atoms with van der Waals surface area (Å²) in [6.07, 6.45) is 1.30. The topological polar surface area (TPSA) is 202 Å². The Morgan fingerprint density at radius 3 is 2.05 bits per heavy atom. The van der Waals surface area contributed by atoms with Gasteiger partial charge in [-0.15, -0.1) is 0 Å². The Hall–Kier alpha value is -6.34. The molecule has 19 heteroatoms. The number of aromatic amines is 2. The number of rotatable bonds is 14. The first-order valence-electron chi connectivity index (χ1n) is 22.1. The number of methoxy groups -OCH3 is 3. The first-order chi connectivity index (χ1) is 31.7. The molecule has 0 radical (unpaired) electrons. The minimum absolute atomic E-state index is 0.0799. The van der Waals surface area contributed by atoms with Crippen molar-refractivity contribution in [2.45, 2.75) is 77.9 Å². The van der Waals surface area contributed by atoms with E-state index in [0.717, 1.165) is 44.2 Å². The first-order valence-corrected chi connectivity index (χ1v) is 22.1. The Balaban J connectivity index is 1.06. The van der Waals surface area contributed by atoms with Crippen LogP contribution in [0.4, 0.5) is 18.4 Å². The lowest BCUT2D eigenvalue weighted by Crippen LogP contribution is -2.51. The van der Waals surface area contributed by atoms with E-state index in [4.69, 9.17) is 28.9 Å². The molecular weight excluding hydrogens is 859 g/mol. The molecule has 3 aliphatic rings. The molecule has 0 spiro atoms. The molecule has 3 aromatic carbocycles. The van der Waals surface area contributed by atoms with Crippen molar-refractivity contribution < 1.29 is 51.6 Å². The van der Waals surface area contributed by atoms with Gasteiger partial charge in [0.05, 0.1) is 62.4 Å². The number of imidazole rings is 2. The summed E-state index contributed by atoms with van der Waals surface area (Å²) >= 11 is 0. The molecule has 0 unspecified atom stereocenters. The van der Waals surface area contributed by atoms with Crippen molar-refractivity contribution in [3.05, 3.63) is 65.9 Å². The molecule has 8 rings (SSSR count). The van der Waals surface area contributed by atoms with Crippen molar-refractivity contribution in [1.82, 2.24) is 40.4 Å². The maximum atomic E-state index is 14.1. The molecule has 66 heavy (non-hydrogen) atoms. The van der Waals surface area contributed by atoms with Crippen molar-refractivity contribution in [3.8, 4) is 28.1 Å². The lowest BCUT2D eigenvalue weighted by molar-refractivity contribution is -0.139. The number of halogens is 2. The predicted octanol–water partition coefficient (Wildman–Crippen LogP) is 7.09. The predicted molar refractivity (Wildman–Crippen MR) is 238 cm³/mol. The Kier molecular flexibility index (Phi) is 13.5. The molecule has 3 aliphatic heterocycles. The number of fused-ring (bicyclic) bond motifs is 6. The van der Waals surface area contributed by atoms with Gasteiger partial charge >= 0.3 is 18.8 Å². The molecule has 0 saturated carbocycles. The molecule has 0 aliphatic carbocycles. The number of alkyl halides is 2. The highest BCUT2D eigenvalue weighted by molar-refractivity contribution is 6.07. The van der Waals surface area contributed by atoms with E-state index in [9.17, 15) is 28.0 Å². The number of benzene rings is 3. The quantitative estimate of drug-likeness (QED) is 0.0886. The van der Waals surface area contributed by atoms with Gasteiger partial charge in [-0.2, -0.15) is 8.78 Å². The van der Waals surface area contributed by atoms with Crippen molar-refractivity contribution in [1.29, 1.82) is 0 Å². The Labute approximate surface area is 380 Å². The zero-order valence-corrected chi connectivity index (χ0v) is 38.0. The van der Waals surface area contributed by atoms with Gasteiger partial charge in [0.2, 0.25) is 11.8 Å². The average Bonchev–Trinajstić information content (AvgIpc) is 4.13. The molecule has 5 aromatic rings. The van der Waals surface area contributed by atoms with Crippen LogP contribution in [0.2, 0.25) is 0 Å². The molecule has 17 nitrogen and oxygen atoms in total. The molecule has 4 amide bonds. The van der Waals surface area contributed by atoms with E-state index in [1.807, 2.05) is 38.1 Å². The molecular formula is C47H56F2N8O9. The van der Waals surface area contributed by atoms with E-state index in [0.29, 0.717) is 55.5 Å². The van der Waals surface area contributed by atoms with Crippen LogP contribution in [0.1, 0.15) is 69.8 Å². The van der Waals surface area contributed by atoms with Crippen LogP contribution < -0.4 is 15.4 Å². The number of hydrogen-bond acceptors (Lipinski definition) is 11. The summed E-state index contributed by atoms with van der Waals surface area (Å²) in [7, 11) is 4.13. The highest BCUT2D eigenvalue weighted by Crippen LogP contribution is 2.44. The number of alkyl carbamates (subject to hydrolysis) is 2. The van der Waals surface area contributed by atoms with E-state index < -0.39 is 42.8 Å². The summed E-state index contributed by atoms with van der Waals surface area (Å²) in [6, 6.07) is 11.4. The summed E-state index contributed by atoms with van der Waals surface area (Å²) in [4.78, 5) is 72.4. The zero-order chi connectivity index (χ0) is 47.0. The first kappa shape index (κ1) is 46.2. The lowest BCUT2D eigenvalue weighted by Gasteiger charge is -2.30. The largest absolute Gasteiger partial charge is 0.488 e. The van der Waals surface area contributed by atoms with Crippen LogP contribution in [-0.4, -0.2) is 120 Å². The SMILES string of the molecule is COC[C@H]1C[C@@H](c2ncc(-c3ccc4c(c3)COc3cc5c(ccc6nc([C@@H]7C[C@H](COC(F)F)CN7C(=O)[C@@H](NC(=O)OC)C(C)C)[nH]c65)cc3-4)[nH]2)N(C(=O)[C@@H](NC(=O)OC)C(C)C)C1. The van der Waals surface area contributed by atoms with Crippen LogP contribution in [0, 0.1) is 23.7 Å². The molecule has 0 bridgehead atoms. The number of carbonyl (C=O) groups excluding carboxylic acids is 4. The van der Waals surface area contributed by atoms with E-state index in [2.05, 4.69) is 43.5 Å². The van der Waals surface area contributed by atoms with Gasteiger partial charge in [0.25, 0.3) is 0 Å². The van der Waals surface area contributed by atoms with Crippen molar-refractivity contribution in [2.24, 2.45) is 23.7 Å². The number of aromatic nitrogens is 4. The average molecular weight is 915 g/mol. The minimum atomic E-state index is -2.95. The lowest BCUT2D eigenvalue weighted by atomic mass is 9.92. The zero-order valence-electron chi connectivity index (χ0n) is 38.0. The maximum Gasteiger partial charge on any atom is 0.407 e. The standard InChI is InChI=1S/C47H56F2N8O9/c1-23(2)38(54-46(60)63-6)43(58)56-18-25(20-62-5)12-35(56)41-50-17-34(52-41)28-8-10-30-29(14-28)22-65-37-16-31-27(15-32(30)37)9-11-33-40(31)53-42(51-33)36-13-26(21-66-45(48)49)19-57(36)44(59)39(24(3)4)55-47(61)64-7/h8-11,14-17,23-26,35-36,38-39,45H,12-13,18-22H2,1-7H3,(H,50,52)(H,51,53)(H,54,60)(H,55,61)/t25-,26-,35-,36-,38-,39-/m0/s1. The monoisotopic (exact) mass is 914 g/mol. The third-order valence-electron chi connectivity index (χ3n) is 12.9. The fourth-order valence-corrected chi connectivity index (χ4v) is 9.58. The number of ether oxygens (including phenoxy) is 5. The van der Waals surface area contributed by atoms with E-state index in [1.165, 1.54) is 14.2 Å². The molecule has 2 aromatic heterocycles. The Morgan fingerprint density at radius 1 is 0.803 bits per heavy atom. The van der Waals surface area contributed by atoms with Gasteiger partial charge in [-0.05, 0) is 71.0 Å². The molecule has 2 fully saturated rings. The summed E-state index contributed by atoms with van der Waals surface area (Å²) in [5.41, 5.74) is 5.96. The van der Waals surface area contributed by atoms with Gasteiger partial charge in [0.1, 0.15) is 36.1 Å². The summed E-state index contributed by atoms with van der Waals surface area (Å²) in [6.45, 7) is 5.53. The van der Waals surface area contributed by atoms with Gasteiger partial charge < -0.3 is 54.1 Å². The summed E-state index contributed by atoms with van der Waals surface area (Å²) < 4.78 is 52.4. The smallest absolute Gasteiger partial charge is 0.407 e. The van der Waals surface area contributed by atoms with Crippen LogP contribution in [0.3, 0.4) is 0 Å². The van der Waals surface area contributed by atoms with Gasteiger partial charge in [-0.3, -0.25) is 9.59 Å². The van der Waals surface area contributed by atoms with Crippen molar-refractivity contribution >= 4 is 45.8 Å². The van der Waals surface area contributed by atoms with Crippen molar-refractivity contribution in [2.75, 3.05) is 47.6 Å². The second-order valence-corrected chi connectivity index (χ2v) is 18.0. The van der Waals surface area contributed by atoms with Crippen LogP contribution in [0.15, 0.2) is 48.7 Å². The summed E-state index contributed by atoms with van der Waals surface area (Å²) in [5, 5.41) is 7.11. The van der Waals surface area contributed by atoms with E-state index in [1.54, 1.807) is 37.0 Å². The van der Waals surface area contributed by atoms with Gasteiger partial charge in [-0.25, -0.2) is 19.6 Å².